The average Bonchev–Trinajstić information content (AvgIpc) is 3.03. The summed E-state index contributed by atoms with van der Waals surface area (Å²) in [4.78, 5) is 19.1. The number of hydrogen-bond donors (Lipinski definition) is 1. The van der Waals surface area contributed by atoms with Crippen LogP contribution < -0.4 is 10.6 Å². The van der Waals surface area contributed by atoms with Gasteiger partial charge in [-0.05, 0) is 6.07 Å². The Balaban J connectivity index is 1.57. The minimum Gasteiger partial charge on any atom is -0.369 e. The van der Waals surface area contributed by atoms with Gasteiger partial charge in [-0.1, -0.05) is 11.2 Å². The van der Waals surface area contributed by atoms with E-state index in [4.69, 9.17) is 10.3 Å². The summed E-state index contributed by atoms with van der Waals surface area (Å²) < 4.78 is 4.99. The molecule has 0 unspecified atom stereocenters. The molecule has 0 bridgehead atoms. The molecule has 9 heteroatoms. The number of aromatic nitrogens is 2. The van der Waals surface area contributed by atoms with Gasteiger partial charge in [0.1, 0.15) is 0 Å². The van der Waals surface area contributed by atoms with Gasteiger partial charge in [0, 0.05) is 44.0 Å². The van der Waals surface area contributed by atoms with Crippen LogP contribution in [0.4, 0.5) is 11.4 Å². The Kier molecular flexibility index (Phi) is 4.49. The summed E-state index contributed by atoms with van der Waals surface area (Å²) in [5, 5.41) is 14.8. The van der Waals surface area contributed by atoms with Crippen LogP contribution in [0.5, 0.6) is 0 Å². The number of anilines is 1. The molecule has 1 aliphatic rings. The van der Waals surface area contributed by atoms with E-state index in [1.54, 1.807) is 12.1 Å². The standard InChI is InChI=1S/C14H18N6O3/c15-9-14-16-13(17-23-14)10-18-4-6-19(7-5-18)11-2-1-3-12(8-11)20(21)22/h1-3,8H,4-7,9-10,15H2. The highest BCUT2D eigenvalue weighted by atomic mass is 16.6. The van der Waals surface area contributed by atoms with Gasteiger partial charge in [-0.2, -0.15) is 4.98 Å². The van der Waals surface area contributed by atoms with Gasteiger partial charge in [0.15, 0.2) is 5.82 Å². The number of nitro benzene ring substituents is 1. The second-order valence-corrected chi connectivity index (χ2v) is 5.35. The summed E-state index contributed by atoms with van der Waals surface area (Å²) in [5.41, 5.74) is 6.44. The van der Waals surface area contributed by atoms with Gasteiger partial charge in [0.05, 0.1) is 18.0 Å². The highest BCUT2D eigenvalue weighted by Crippen LogP contribution is 2.22. The van der Waals surface area contributed by atoms with Crippen molar-refractivity contribution in [2.75, 3.05) is 31.1 Å². The second kappa shape index (κ2) is 6.71. The van der Waals surface area contributed by atoms with Gasteiger partial charge in [-0.25, -0.2) is 0 Å². The number of piperazine rings is 1. The lowest BCUT2D eigenvalue weighted by atomic mass is 10.2. The van der Waals surface area contributed by atoms with Crippen LogP contribution in [0.15, 0.2) is 28.8 Å². The maximum absolute atomic E-state index is 10.9. The molecular formula is C14H18N6O3. The molecule has 1 aromatic carbocycles. The van der Waals surface area contributed by atoms with E-state index in [-0.39, 0.29) is 17.2 Å². The minimum absolute atomic E-state index is 0.117. The molecule has 0 atom stereocenters. The first-order valence-corrected chi connectivity index (χ1v) is 7.39. The third-order valence-corrected chi connectivity index (χ3v) is 3.83. The first-order chi connectivity index (χ1) is 11.2. The molecule has 0 radical (unpaired) electrons. The van der Waals surface area contributed by atoms with E-state index in [1.807, 2.05) is 6.07 Å². The van der Waals surface area contributed by atoms with E-state index < -0.39 is 0 Å². The molecular weight excluding hydrogens is 300 g/mol. The van der Waals surface area contributed by atoms with Gasteiger partial charge in [-0.15, -0.1) is 0 Å². The summed E-state index contributed by atoms with van der Waals surface area (Å²) in [6, 6.07) is 6.73. The fraction of sp³-hybridized carbons (Fsp3) is 0.429. The van der Waals surface area contributed by atoms with Crippen LogP contribution in [0.25, 0.3) is 0 Å². The van der Waals surface area contributed by atoms with Gasteiger partial charge in [0.25, 0.3) is 5.69 Å². The van der Waals surface area contributed by atoms with Crippen molar-refractivity contribution in [1.82, 2.24) is 15.0 Å². The molecule has 0 aliphatic carbocycles. The predicted octanol–water partition coefficient (Wildman–Crippen LogP) is 0.759. The maximum Gasteiger partial charge on any atom is 0.271 e. The van der Waals surface area contributed by atoms with Crippen LogP contribution in [-0.4, -0.2) is 46.1 Å². The monoisotopic (exact) mass is 318 g/mol. The zero-order valence-electron chi connectivity index (χ0n) is 12.6. The molecule has 2 N–H and O–H groups in total. The lowest BCUT2D eigenvalue weighted by Gasteiger charge is -2.35. The third-order valence-electron chi connectivity index (χ3n) is 3.83. The van der Waals surface area contributed by atoms with Crippen molar-refractivity contribution in [1.29, 1.82) is 0 Å². The van der Waals surface area contributed by atoms with Crippen LogP contribution in [0.2, 0.25) is 0 Å². The Hall–Kier alpha value is -2.52. The van der Waals surface area contributed by atoms with E-state index in [1.165, 1.54) is 6.07 Å². The van der Waals surface area contributed by atoms with Crippen LogP contribution in [0.1, 0.15) is 11.7 Å². The molecule has 2 heterocycles. The molecule has 9 nitrogen and oxygen atoms in total. The summed E-state index contributed by atoms with van der Waals surface area (Å²) in [5.74, 6) is 1.07. The van der Waals surface area contributed by atoms with E-state index in [0.717, 1.165) is 31.9 Å². The summed E-state index contributed by atoms with van der Waals surface area (Å²) in [6.45, 7) is 4.11. The Morgan fingerprint density at radius 2 is 2.09 bits per heavy atom. The largest absolute Gasteiger partial charge is 0.369 e. The van der Waals surface area contributed by atoms with Crippen molar-refractivity contribution in [3.05, 3.63) is 46.1 Å². The van der Waals surface area contributed by atoms with Crippen molar-refractivity contribution in [2.24, 2.45) is 5.73 Å². The minimum atomic E-state index is -0.370. The molecule has 23 heavy (non-hydrogen) atoms. The topological polar surface area (TPSA) is 115 Å². The number of rotatable bonds is 5. The SMILES string of the molecule is NCc1nc(CN2CCN(c3cccc([N+](=O)[O-])c3)CC2)no1. The lowest BCUT2D eigenvalue weighted by molar-refractivity contribution is -0.384. The van der Waals surface area contributed by atoms with Crippen LogP contribution in [0.3, 0.4) is 0 Å². The molecule has 2 aromatic rings. The zero-order valence-corrected chi connectivity index (χ0v) is 12.6. The highest BCUT2D eigenvalue weighted by Gasteiger charge is 2.20. The number of hydrogen-bond acceptors (Lipinski definition) is 8. The fourth-order valence-electron chi connectivity index (χ4n) is 2.60. The molecule has 0 saturated carbocycles. The Bertz CT molecular complexity index is 681. The average molecular weight is 318 g/mol. The van der Waals surface area contributed by atoms with Crippen LogP contribution in [0, 0.1) is 10.1 Å². The van der Waals surface area contributed by atoms with Crippen molar-refractivity contribution in [3.8, 4) is 0 Å². The van der Waals surface area contributed by atoms with Crippen molar-refractivity contribution in [2.45, 2.75) is 13.1 Å². The van der Waals surface area contributed by atoms with E-state index in [9.17, 15) is 10.1 Å². The normalized spacial score (nSPS) is 15.8. The number of nitro groups is 1. The van der Waals surface area contributed by atoms with Gasteiger partial charge < -0.3 is 15.2 Å². The molecule has 0 spiro atoms. The van der Waals surface area contributed by atoms with Gasteiger partial charge in [-0.3, -0.25) is 15.0 Å². The molecule has 1 fully saturated rings. The third kappa shape index (κ3) is 3.63. The van der Waals surface area contributed by atoms with E-state index >= 15 is 0 Å². The second-order valence-electron chi connectivity index (χ2n) is 5.35. The van der Waals surface area contributed by atoms with Crippen LogP contribution in [-0.2, 0) is 13.1 Å². The summed E-state index contributed by atoms with van der Waals surface area (Å²) in [6.07, 6.45) is 0. The van der Waals surface area contributed by atoms with Gasteiger partial charge >= 0.3 is 0 Å². The van der Waals surface area contributed by atoms with E-state index in [2.05, 4.69) is 19.9 Å². The van der Waals surface area contributed by atoms with Crippen LogP contribution >= 0.6 is 0 Å². The summed E-state index contributed by atoms with van der Waals surface area (Å²) in [7, 11) is 0. The lowest BCUT2D eigenvalue weighted by Crippen LogP contribution is -2.46. The molecule has 1 aromatic heterocycles. The molecule has 122 valence electrons. The molecule has 1 aliphatic heterocycles. The highest BCUT2D eigenvalue weighted by molar-refractivity contribution is 5.53. The summed E-state index contributed by atoms with van der Waals surface area (Å²) >= 11 is 0. The molecule has 3 rings (SSSR count). The molecule has 0 amide bonds. The predicted molar refractivity (Wildman–Crippen MR) is 82.8 cm³/mol. The Morgan fingerprint density at radius 3 is 2.74 bits per heavy atom. The maximum atomic E-state index is 10.9. The van der Waals surface area contributed by atoms with Gasteiger partial charge in [0.2, 0.25) is 5.89 Å². The number of nitrogens with zero attached hydrogens (tertiary/aromatic N) is 5. The van der Waals surface area contributed by atoms with Crippen molar-refractivity contribution >= 4 is 11.4 Å². The Labute approximate surface area is 132 Å². The molecule has 1 saturated heterocycles. The smallest absolute Gasteiger partial charge is 0.271 e. The first-order valence-electron chi connectivity index (χ1n) is 7.39. The van der Waals surface area contributed by atoms with Crippen molar-refractivity contribution < 1.29 is 9.45 Å². The fourth-order valence-corrected chi connectivity index (χ4v) is 2.60. The van der Waals surface area contributed by atoms with E-state index in [0.29, 0.717) is 18.3 Å². The Morgan fingerprint density at radius 1 is 1.30 bits per heavy atom. The number of non-ortho nitro benzene ring substituents is 1. The first kappa shape index (κ1) is 15.4. The zero-order chi connectivity index (χ0) is 16.2. The number of benzene rings is 1. The number of nitrogens with two attached hydrogens (primary N) is 1. The van der Waals surface area contributed by atoms with Crippen molar-refractivity contribution in [3.63, 3.8) is 0 Å². The quantitative estimate of drug-likeness (QED) is 0.634.